The Hall–Kier alpha value is -1.88. The minimum atomic E-state index is -0.343. The molecule has 2 heterocycles. The van der Waals surface area contributed by atoms with Gasteiger partial charge in [-0.3, -0.25) is 14.5 Å². The Morgan fingerprint density at radius 3 is 2.65 bits per heavy atom. The van der Waals surface area contributed by atoms with E-state index >= 15 is 0 Å². The van der Waals surface area contributed by atoms with Gasteiger partial charge in [0.15, 0.2) is 0 Å². The van der Waals surface area contributed by atoms with Gasteiger partial charge < -0.3 is 10.2 Å². The Kier molecular flexibility index (Phi) is 4.39. The number of nitrogens with one attached hydrogen (secondary N) is 1. The van der Waals surface area contributed by atoms with Gasteiger partial charge in [-0.2, -0.15) is 0 Å². The highest BCUT2D eigenvalue weighted by Crippen LogP contribution is 2.19. The number of benzene rings is 1. The number of piperazine rings is 2. The van der Waals surface area contributed by atoms with E-state index < -0.39 is 0 Å². The minimum Gasteiger partial charge on any atom is -0.342 e. The van der Waals surface area contributed by atoms with Gasteiger partial charge in [-0.1, -0.05) is 25.1 Å². The Bertz CT molecular complexity index is 629. The molecule has 0 radical (unpaired) electrons. The van der Waals surface area contributed by atoms with Gasteiger partial charge in [-0.25, -0.2) is 0 Å². The summed E-state index contributed by atoms with van der Waals surface area (Å²) in [7, 11) is 0. The van der Waals surface area contributed by atoms with Gasteiger partial charge in [0.1, 0.15) is 12.1 Å². The Labute approximate surface area is 137 Å². The van der Waals surface area contributed by atoms with Gasteiger partial charge in [0, 0.05) is 26.2 Å². The topological polar surface area (TPSA) is 52.7 Å². The SMILES string of the molecule is CC[C@@H]1NC(=O)[C@H]2CN(Cc3ccc(C)c(C)c3)CCN2C1=O. The molecule has 2 fully saturated rings. The zero-order chi connectivity index (χ0) is 16.6. The van der Waals surface area contributed by atoms with E-state index in [-0.39, 0.29) is 23.9 Å². The van der Waals surface area contributed by atoms with Crippen LogP contribution >= 0.6 is 0 Å². The highest BCUT2D eigenvalue weighted by Gasteiger charge is 2.42. The normalized spacial score (nSPS) is 25.3. The molecule has 5 nitrogen and oxygen atoms in total. The van der Waals surface area contributed by atoms with Gasteiger partial charge in [-0.15, -0.1) is 0 Å². The fourth-order valence-electron chi connectivity index (χ4n) is 3.44. The number of nitrogens with zero attached hydrogens (tertiary/aromatic N) is 2. The van der Waals surface area contributed by atoms with Crippen LogP contribution in [0.25, 0.3) is 0 Å². The zero-order valence-electron chi connectivity index (χ0n) is 14.1. The van der Waals surface area contributed by atoms with Crippen molar-refractivity contribution < 1.29 is 9.59 Å². The maximum Gasteiger partial charge on any atom is 0.245 e. The molecule has 5 heteroatoms. The molecule has 23 heavy (non-hydrogen) atoms. The molecular weight excluding hydrogens is 290 g/mol. The van der Waals surface area contributed by atoms with E-state index in [1.54, 1.807) is 4.90 Å². The van der Waals surface area contributed by atoms with Crippen LogP contribution in [-0.2, 0) is 16.1 Å². The van der Waals surface area contributed by atoms with E-state index in [2.05, 4.69) is 42.3 Å². The van der Waals surface area contributed by atoms with Crippen LogP contribution in [0.5, 0.6) is 0 Å². The van der Waals surface area contributed by atoms with E-state index in [9.17, 15) is 9.59 Å². The minimum absolute atomic E-state index is 0.0127. The van der Waals surface area contributed by atoms with Gasteiger partial charge in [-0.05, 0) is 37.0 Å². The van der Waals surface area contributed by atoms with Gasteiger partial charge in [0.2, 0.25) is 11.8 Å². The number of amides is 2. The summed E-state index contributed by atoms with van der Waals surface area (Å²) in [5.41, 5.74) is 3.84. The summed E-state index contributed by atoms with van der Waals surface area (Å²) in [6.45, 7) is 9.05. The lowest BCUT2D eigenvalue weighted by Gasteiger charge is -2.45. The monoisotopic (exact) mass is 315 g/mol. The van der Waals surface area contributed by atoms with Crippen LogP contribution in [0.1, 0.15) is 30.0 Å². The van der Waals surface area contributed by atoms with E-state index in [0.29, 0.717) is 19.5 Å². The molecule has 2 aliphatic rings. The van der Waals surface area contributed by atoms with E-state index in [1.165, 1.54) is 16.7 Å². The van der Waals surface area contributed by atoms with Crippen LogP contribution in [0.3, 0.4) is 0 Å². The number of rotatable bonds is 3. The third kappa shape index (κ3) is 3.11. The number of carbonyl (C=O) groups is 2. The molecule has 0 bridgehead atoms. The van der Waals surface area contributed by atoms with Gasteiger partial charge in [0.05, 0.1) is 0 Å². The summed E-state index contributed by atoms with van der Waals surface area (Å²) < 4.78 is 0. The quantitative estimate of drug-likeness (QED) is 0.913. The van der Waals surface area contributed by atoms with Crippen molar-refractivity contribution in [2.24, 2.45) is 0 Å². The lowest BCUT2D eigenvalue weighted by atomic mass is 10.0. The fraction of sp³-hybridized carbons (Fsp3) is 0.556. The number of fused-ring (bicyclic) bond motifs is 1. The highest BCUT2D eigenvalue weighted by atomic mass is 16.2. The van der Waals surface area contributed by atoms with Crippen molar-refractivity contribution in [1.29, 1.82) is 0 Å². The van der Waals surface area contributed by atoms with Crippen molar-refractivity contribution in [2.75, 3.05) is 19.6 Å². The van der Waals surface area contributed by atoms with Crippen LogP contribution in [-0.4, -0.2) is 53.3 Å². The van der Waals surface area contributed by atoms with Crippen LogP contribution in [0.15, 0.2) is 18.2 Å². The van der Waals surface area contributed by atoms with E-state index in [0.717, 1.165) is 13.1 Å². The third-order valence-electron chi connectivity index (χ3n) is 5.05. The second-order valence-corrected chi connectivity index (χ2v) is 6.67. The molecule has 0 unspecified atom stereocenters. The zero-order valence-corrected chi connectivity index (χ0v) is 14.1. The smallest absolute Gasteiger partial charge is 0.245 e. The summed E-state index contributed by atoms with van der Waals surface area (Å²) in [5.74, 6) is 0.0594. The van der Waals surface area contributed by atoms with Crippen molar-refractivity contribution in [2.45, 2.75) is 45.8 Å². The average Bonchev–Trinajstić information content (AvgIpc) is 2.54. The summed E-state index contributed by atoms with van der Waals surface area (Å²) >= 11 is 0. The Morgan fingerprint density at radius 2 is 1.96 bits per heavy atom. The summed E-state index contributed by atoms with van der Waals surface area (Å²) in [4.78, 5) is 28.7. The molecule has 1 aromatic rings. The van der Waals surface area contributed by atoms with Crippen molar-refractivity contribution >= 4 is 11.8 Å². The predicted molar refractivity (Wildman–Crippen MR) is 88.9 cm³/mol. The summed E-state index contributed by atoms with van der Waals surface area (Å²) in [6, 6.07) is 5.81. The molecule has 3 rings (SSSR count). The molecule has 1 N–H and O–H groups in total. The van der Waals surface area contributed by atoms with Crippen molar-refractivity contribution in [3.63, 3.8) is 0 Å². The van der Waals surface area contributed by atoms with Crippen molar-refractivity contribution in [3.8, 4) is 0 Å². The summed E-state index contributed by atoms with van der Waals surface area (Å²) in [5, 5.41) is 2.86. The lowest BCUT2D eigenvalue weighted by molar-refractivity contribution is -0.153. The molecule has 2 atom stereocenters. The first-order valence-corrected chi connectivity index (χ1v) is 8.39. The summed E-state index contributed by atoms with van der Waals surface area (Å²) in [6.07, 6.45) is 0.653. The molecule has 0 aliphatic carbocycles. The predicted octanol–water partition coefficient (Wildman–Crippen LogP) is 1.22. The maximum absolute atomic E-state index is 12.4. The first kappa shape index (κ1) is 16.0. The molecule has 2 aliphatic heterocycles. The molecule has 0 aromatic heterocycles. The molecule has 2 saturated heterocycles. The van der Waals surface area contributed by atoms with Gasteiger partial charge >= 0.3 is 0 Å². The standard InChI is InChI=1S/C18H25N3O2/c1-4-15-18(23)21-8-7-20(11-16(21)17(22)19-15)10-14-6-5-12(2)13(3)9-14/h5-6,9,15-16H,4,7-8,10-11H2,1-3H3,(H,19,22)/t15-,16+/m0/s1. The Balaban J connectivity index is 1.69. The van der Waals surface area contributed by atoms with Crippen LogP contribution < -0.4 is 5.32 Å². The van der Waals surface area contributed by atoms with Crippen LogP contribution in [0.2, 0.25) is 0 Å². The van der Waals surface area contributed by atoms with Crippen molar-refractivity contribution in [1.82, 2.24) is 15.1 Å². The number of hydrogen-bond donors (Lipinski definition) is 1. The van der Waals surface area contributed by atoms with Crippen LogP contribution in [0, 0.1) is 13.8 Å². The van der Waals surface area contributed by atoms with Crippen LogP contribution in [0.4, 0.5) is 0 Å². The molecule has 0 spiro atoms. The molecular formula is C18H25N3O2. The molecule has 2 amide bonds. The first-order valence-electron chi connectivity index (χ1n) is 8.39. The molecule has 0 saturated carbocycles. The molecule has 124 valence electrons. The first-order chi connectivity index (χ1) is 11.0. The van der Waals surface area contributed by atoms with E-state index in [4.69, 9.17) is 0 Å². The number of hydrogen-bond acceptors (Lipinski definition) is 3. The second-order valence-electron chi connectivity index (χ2n) is 6.67. The van der Waals surface area contributed by atoms with Gasteiger partial charge in [0.25, 0.3) is 0 Å². The van der Waals surface area contributed by atoms with E-state index in [1.807, 2.05) is 6.92 Å². The van der Waals surface area contributed by atoms with Crippen molar-refractivity contribution in [3.05, 3.63) is 34.9 Å². The highest BCUT2D eigenvalue weighted by molar-refractivity contribution is 5.97. The third-order valence-corrected chi connectivity index (χ3v) is 5.05. The average molecular weight is 315 g/mol. The fourth-order valence-corrected chi connectivity index (χ4v) is 3.44. The molecule has 1 aromatic carbocycles. The maximum atomic E-state index is 12.4. The number of carbonyl (C=O) groups excluding carboxylic acids is 2. The largest absolute Gasteiger partial charge is 0.342 e. The number of aryl methyl sites for hydroxylation is 2. The lowest BCUT2D eigenvalue weighted by Crippen LogP contribution is -2.68. The second kappa shape index (κ2) is 6.32. The Morgan fingerprint density at radius 1 is 1.17 bits per heavy atom.